The quantitative estimate of drug-likeness (QED) is 0.125. The van der Waals surface area contributed by atoms with Crippen molar-refractivity contribution in [3.8, 4) is 5.75 Å². The van der Waals surface area contributed by atoms with Gasteiger partial charge in [-0.3, -0.25) is 15.0 Å². The van der Waals surface area contributed by atoms with E-state index in [0.29, 0.717) is 23.1 Å². The van der Waals surface area contributed by atoms with Crippen molar-refractivity contribution in [1.29, 1.82) is 0 Å². The van der Waals surface area contributed by atoms with Crippen molar-refractivity contribution in [3.05, 3.63) is 70.0 Å². The molecule has 2 aliphatic rings. The molecular formula is C23H11ClF10N2O4. The number of nitrogens with zero attached hydrogens (tertiary/aromatic N) is 1. The number of carbonyl (C=O) groups is 3. The third-order valence-electron chi connectivity index (χ3n) is 6.15. The zero-order valence-corrected chi connectivity index (χ0v) is 19.9. The Balaban J connectivity index is 1.88. The first-order valence-corrected chi connectivity index (χ1v) is 11.1. The van der Waals surface area contributed by atoms with E-state index in [1.54, 1.807) is 0 Å². The minimum absolute atomic E-state index is 0.317. The van der Waals surface area contributed by atoms with Crippen LogP contribution in [0.2, 0.25) is 5.02 Å². The number of hydrogen-bond acceptors (Lipinski definition) is 4. The number of esters is 1. The molecule has 3 unspecified atom stereocenters. The maximum absolute atomic E-state index is 16.5. The van der Waals surface area contributed by atoms with E-state index in [1.807, 2.05) is 5.32 Å². The number of hydrogen-bond donors (Lipinski definition) is 1. The van der Waals surface area contributed by atoms with Crippen molar-refractivity contribution in [1.82, 2.24) is 5.32 Å². The molecule has 214 valence electrons. The predicted molar refractivity (Wildman–Crippen MR) is 114 cm³/mol. The molecule has 2 aromatic rings. The number of benzene rings is 2. The van der Waals surface area contributed by atoms with Gasteiger partial charge in [0.25, 0.3) is 5.67 Å². The number of urea groups is 1. The van der Waals surface area contributed by atoms with Crippen LogP contribution in [-0.4, -0.2) is 42.2 Å². The molecule has 1 fully saturated rings. The molecule has 3 atom stereocenters. The molecular weight excluding hydrogens is 594 g/mol. The van der Waals surface area contributed by atoms with Crippen molar-refractivity contribution < 1.29 is 63.0 Å². The van der Waals surface area contributed by atoms with Crippen LogP contribution in [-0.2, 0) is 15.3 Å². The van der Waals surface area contributed by atoms with Crippen molar-refractivity contribution >= 4 is 35.2 Å². The molecule has 4 rings (SSSR count). The van der Waals surface area contributed by atoms with Gasteiger partial charge in [0, 0.05) is 18.5 Å². The second-order valence-electron chi connectivity index (χ2n) is 8.46. The van der Waals surface area contributed by atoms with Gasteiger partial charge in [0.15, 0.2) is 6.17 Å². The highest BCUT2D eigenvalue weighted by molar-refractivity contribution is 6.34. The van der Waals surface area contributed by atoms with E-state index in [-0.39, 0.29) is 12.5 Å². The topological polar surface area (TPSA) is 75.7 Å². The second kappa shape index (κ2) is 9.67. The van der Waals surface area contributed by atoms with E-state index in [0.717, 1.165) is 0 Å². The fourth-order valence-corrected chi connectivity index (χ4v) is 4.29. The molecule has 3 amide bonds. The van der Waals surface area contributed by atoms with Crippen LogP contribution in [0.3, 0.4) is 0 Å². The summed E-state index contributed by atoms with van der Waals surface area (Å²) in [5, 5.41) is 1.39. The van der Waals surface area contributed by atoms with Crippen LogP contribution in [0.5, 0.6) is 5.75 Å². The van der Waals surface area contributed by atoms with Gasteiger partial charge in [0.2, 0.25) is 46.4 Å². The molecule has 1 N–H and O–H groups in total. The molecule has 1 heterocycles. The van der Waals surface area contributed by atoms with E-state index in [1.165, 1.54) is 0 Å². The predicted octanol–water partition coefficient (Wildman–Crippen LogP) is 5.50. The highest BCUT2D eigenvalue weighted by atomic mass is 35.5. The summed E-state index contributed by atoms with van der Waals surface area (Å²) in [6, 6.07) is 0.157. The summed E-state index contributed by atoms with van der Waals surface area (Å²) in [6.07, 6.45) is -4.71. The van der Waals surface area contributed by atoms with Gasteiger partial charge < -0.3 is 4.74 Å². The van der Waals surface area contributed by atoms with Crippen molar-refractivity contribution in [2.24, 2.45) is 0 Å². The highest BCUT2D eigenvalue weighted by Gasteiger charge is 2.77. The lowest BCUT2D eigenvalue weighted by Gasteiger charge is -2.44. The Morgan fingerprint density at radius 2 is 1.55 bits per heavy atom. The van der Waals surface area contributed by atoms with Crippen molar-refractivity contribution in [2.75, 3.05) is 11.4 Å². The average Bonchev–Trinajstić information content (AvgIpc) is 2.90. The van der Waals surface area contributed by atoms with Crippen molar-refractivity contribution in [3.63, 3.8) is 0 Å². The Hall–Kier alpha value is -3.82. The molecule has 0 saturated carbocycles. The number of alkyl halides is 5. The molecule has 0 radical (unpaired) electrons. The normalized spacial score (nSPS) is 26.1. The van der Waals surface area contributed by atoms with E-state index >= 15 is 17.6 Å². The Morgan fingerprint density at radius 3 is 2.12 bits per heavy atom. The molecule has 1 aliphatic carbocycles. The van der Waals surface area contributed by atoms with Crippen LogP contribution < -0.4 is 15.0 Å². The van der Waals surface area contributed by atoms with Crippen LogP contribution in [0.4, 0.5) is 54.4 Å². The van der Waals surface area contributed by atoms with Crippen LogP contribution in [0, 0.1) is 29.1 Å². The zero-order valence-electron chi connectivity index (χ0n) is 19.1. The first kappa shape index (κ1) is 29.2. The van der Waals surface area contributed by atoms with Crippen LogP contribution in [0.1, 0.15) is 12.0 Å². The largest absolute Gasteiger partial charge is 0.417 e. The number of halogens is 11. The first-order chi connectivity index (χ1) is 18.5. The Labute approximate surface area is 221 Å². The maximum atomic E-state index is 16.5. The molecule has 1 aliphatic heterocycles. The molecule has 6 nitrogen and oxygen atoms in total. The fraction of sp³-hybridized carbons (Fsp3) is 0.261. The number of ether oxygens (including phenoxy) is 1. The number of anilines is 1. The van der Waals surface area contributed by atoms with Crippen LogP contribution >= 0.6 is 11.6 Å². The Bertz CT molecular complexity index is 1460. The third kappa shape index (κ3) is 4.07. The lowest BCUT2D eigenvalue weighted by Crippen LogP contribution is -2.65. The summed E-state index contributed by atoms with van der Waals surface area (Å²) < 4.78 is 149. The van der Waals surface area contributed by atoms with Gasteiger partial charge in [0.05, 0.1) is 10.7 Å². The standard InChI is InChI=1S/C23H11ClF10N2O4/c24-9-2-1-8(7-10(9)36-6-4-12(37)35-20(36)39)22(32)21(31,5-3-11(25)23(22,33)34)19(38)40-18-16(29)14(27)13(26)15(28)17(18)30/h1-3,5,7,11H,4,6H2,(H,35,37,39). The van der Waals surface area contributed by atoms with Crippen LogP contribution in [0.25, 0.3) is 0 Å². The van der Waals surface area contributed by atoms with Gasteiger partial charge in [-0.2, -0.15) is 17.6 Å². The SMILES string of the molecule is O=C1CCN(c2cc(C3(F)C(F)(C(=O)Oc4c(F)c(F)c(F)c(F)c4F)C=CC(F)C3(F)F)ccc2Cl)C(=O)N1. The molecule has 0 bridgehead atoms. The molecule has 2 aromatic carbocycles. The first-order valence-electron chi connectivity index (χ1n) is 10.7. The minimum atomic E-state index is -5.50. The number of allylic oxidation sites excluding steroid dienone is 1. The van der Waals surface area contributed by atoms with Gasteiger partial charge in [-0.05, 0) is 24.3 Å². The summed E-state index contributed by atoms with van der Waals surface area (Å²) >= 11 is 5.96. The van der Waals surface area contributed by atoms with Gasteiger partial charge in [-0.1, -0.05) is 17.7 Å². The Morgan fingerprint density at radius 1 is 0.975 bits per heavy atom. The summed E-state index contributed by atoms with van der Waals surface area (Å²) in [5.41, 5.74) is -12.2. The molecule has 40 heavy (non-hydrogen) atoms. The number of amides is 3. The Kier molecular flexibility index (Phi) is 7.05. The second-order valence-corrected chi connectivity index (χ2v) is 8.87. The highest BCUT2D eigenvalue weighted by Crippen LogP contribution is 2.57. The average molecular weight is 605 g/mol. The van der Waals surface area contributed by atoms with Gasteiger partial charge >= 0.3 is 17.9 Å². The third-order valence-corrected chi connectivity index (χ3v) is 6.47. The van der Waals surface area contributed by atoms with Gasteiger partial charge in [-0.25, -0.2) is 35.9 Å². The summed E-state index contributed by atoms with van der Waals surface area (Å²) in [4.78, 5) is 36.9. The molecule has 17 heteroatoms. The summed E-state index contributed by atoms with van der Waals surface area (Å²) in [5.74, 6) is -25.4. The lowest BCUT2D eigenvalue weighted by atomic mass is 9.70. The number of carbonyl (C=O) groups excluding carboxylic acids is 3. The fourth-order valence-electron chi connectivity index (χ4n) is 4.07. The van der Waals surface area contributed by atoms with Crippen molar-refractivity contribution in [2.45, 2.75) is 29.9 Å². The summed E-state index contributed by atoms with van der Waals surface area (Å²) in [7, 11) is 0. The minimum Gasteiger partial charge on any atom is -0.417 e. The molecule has 0 spiro atoms. The van der Waals surface area contributed by atoms with Gasteiger partial charge in [0.1, 0.15) is 0 Å². The monoisotopic (exact) mass is 604 g/mol. The van der Waals surface area contributed by atoms with E-state index < -0.39 is 105 Å². The number of imide groups is 1. The van der Waals surface area contributed by atoms with Gasteiger partial charge in [-0.15, -0.1) is 0 Å². The smallest absolute Gasteiger partial charge is 0.357 e. The lowest BCUT2D eigenvalue weighted by molar-refractivity contribution is -0.230. The summed E-state index contributed by atoms with van der Waals surface area (Å²) in [6.45, 7) is -0.432. The van der Waals surface area contributed by atoms with Crippen LogP contribution in [0.15, 0.2) is 30.4 Å². The molecule has 1 saturated heterocycles. The van der Waals surface area contributed by atoms with E-state index in [4.69, 9.17) is 11.6 Å². The molecule has 0 aromatic heterocycles. The maximum Gasteiger partial charge on any atom is 0.357 e. The number of rotatable bonds is 4. The zero-order chi connectivity index (χ0) is 29.9. The van der Waals surface area contributed by atoms with E-state index in [9.17, 15) is 40.7 Å². The number of nitrogens with one attached hydrogen (secondary N) is 1. The van der Waals surface area contributed by atoms with E-state index in [2.05, 4.69) is 4.74 Å².